The van der Waals surface area contributed by atoms with Crippen LogP contribution in [0.15, 0.2) is 4.42 Å². The molecular weight excluding hydrogens is 222 g/mol. The molecule has 1 fully saturated rings. The van der Waals surface area contributed by atoms with E-state index < -0.39 is 0 Å². The largest absolute Gasteiger partial charge is 0.407 e. The summed E-state index contributed by atoms with van der Waals surface area (Å²) >= 11 is 0. The van der Waals surface area contributed by atoms with Crippen molar-refractivity contribution in [3.05, 3.63) is 5.89 Å². The van der Waals surface area contributed by atoms with Crippen LogP contribution in [0.5, 0.6) is 0 Å². The second-order valence-corrected chi connectivity index (χ2v) is 4.01. The van der Waals surface area contributed by atoms with E-state index in [1.807, 2.05) is 6.92 Å². The first-order valence-corrected chi connectivity index (χ1v) is 5.81. The Kier molecular flexibility index (Phi) is 3.58. The van der Waals surface area contributed by atoms with Gasteiger partial charge in [-0.25, -0.2) is 0 Å². The molecule has 94 valence electrons. The maximum absolute atomic E-state index is 11.2. The van der Waals surface area contributed by atoms with E-state index in [4.69, 9.17) is 10.2 Å². The molecule has 0 aliphatic carbocycles. The summed E-state index contributed by atoms with van der Waals surface area (Å²) in [6.45, 7) is 4.11. The topological polar surface area (TPSA) is 97.3 Å². The number of anilines is 1. The van der Waals surface area contributed by atoms with Gasteiger partial charge in [0.25, 0.3) is 0 Å². The fourth-order valence-corrected chi connectivity index (χ4v) is 1.96. The van der Waals surface area contributed by atoms with Gasteiger partial charge < -0.3 is 20.4 Å². The predicted octanol–water partition coefficient (Wildman–Crippen LogP) is -0.367. The lowest BCUT2D eigenvalue weighted by molar-refractivity contribution is -0.119. The van der Waals surface area contributed by atoms with Crippen LogP contribution in [0.4, 0.5) is 6.01 Å². The molecule has 2 rings (SSSR count). The summed E-state index contributed by atoms with van der Waals surface area (Å²) < 4.78 is 5.48. The molecule has 7 nitrogen and oxygen atoms in total. The summed E-state index contributed by atoms with van der Waals surface area (Å²) in [6, 6.07) is 0.0710. The van der Waals surface area contributed by atoms with E-state index in [1.54, 1.807) is 4.90 Å². The number of hydrogen-bond donors (Lipinski definition) is 2. The van der Waals surface area contributed by atoms with Crippen molar-refractivity contribution in [1.29, 1.82) is 0 Å². The highest BCUT2D eigenvalue weighted by Gasteiger charge is 2.32. The number of primary amides is 1. The average Bonchev–Trinajstić information content (AvgIpc) is 2.94. The molecule has 1 aliphatic rings. The number of amides is 1. The van der Waals surface area contributed by atoms with E-state index in [9.17, 15) is 4.79 Å². The van der Waals surface area contributed by atoms with Crippen molar-refractivity contribution < 1.29 is 9.21 Å². The number of carbonyl (C=O) groups excluding carboxylic acids is 1. The van der Waals surface area contributed by atoms with Crippen molar-refractivity contribution in [2.75, 3.05) is 18.0 Å². The molecule has 1 aliphatic heterocycles. The van der Waals surface area contributed by atoms with Crippen LogP contribution in [0.1, 0.15) is 25.7 Å². The molecule has 0 bridgehead atoms. The molecule has 1 unspecified atom stereocenters. The Bertz CT molecular complexity index is 392. The SMILES string of the molecule is CCNCc1nnc(N2CCCC2C(N)=O)o1. The minimum Gasteiger partial charge on any atom is -0.407 e. The molecule has 1 saturated heterocycles. The van der Waals surface area contributed by atoms with E-state index in [1.165, 1.54) is 0 Å². The number of nitrogens with zero attached hydrogens (tertiary/aromatic N) is 3. The van der Waals surface area contributed by atoms with Crippen LogP contribution in [-0.2, 0) is 11.3 Å². The Morgan fingerprint density at radius 2 is 2.47 bits per heavy atom. The van der Waals surface area contributed by atoms with E-state index in [-0.39, 0.29) is 11.9 Å². The lowest BCUT2D eigenvalue weighted by Crippen LogP contribution is -2.40. The molecule has 1 aromatic heterocycles. The third-order valence-corrected chi connectivity index (χ3v) is 2.81. The van der Waals surface area contributed by atoms with Gasteiger partial charge in [0.1, 0.15) is 6.04 Å². The predicted molar refractivity (Wildman–Crippen MR) is 61.2 cm³/mol. The number of nitrogens with two attached hydrogens (primary N) is 1. The van der Waals surface area contributed by atoms with E-state index in [0.717, 1.165) is 25.9 Å². The lowest BCUT2D eigenvalue weighted by atomic mass is 10.2. The van der Waals surface area contributed by atoms with Gasteiger partial charge in [-0.2, -0.15) is 0 Å². The standard InChI is InChI=1S/C10H17N5O2/c1-2-12-6-8-13-14-10(17-8)15-5-3-4-7(15)9(11)16/h7,12H,2-6H2,1H3,(H2,11,16). The van der Waals surface area contributed by atoms with Gasteiger partial charge >= 0.3 is 6.01 Å². The van der Waals surface area contributed by atoms with Crippen LogP contribution in [-0.4, -0.2) is 35.2 Å². The molecule has 0 spiro atoms. The van der Waals surface area contributed by atoms with Gasteiger partial charge in [-0.1, -0.05) is 12.0 Å². The first kappa shape index (κ1) is 11.8. The molecule has 1 aromatic rings. The molecule has 1 amide bonds. The van der Waals surface area contributed by atoms with Gasteiger partial charge in [0.05, 0.1) is 6.54 Å². The smallest absolute Gasteiger partial charge is 0.318 e. The zero-order valence-electron chi connectivity index (χ0n) is 9.85. The zero-order valence-corrected chi connectivity index (χ0v) is 9.85. The monoisotopic (exact) mass is 239 g/mol. The molecular formula is C10H17N5O2. The third kappa shape index (κ3) is 2.55. The highest BCUT2D eigenvalue weighted by Crippen LogP contribution is 2.23. The van der Waals surface area contributed by atoms with Crippen molar-refractivity contribution in [2.24, 2.45) is 5.73 Å². The van der Waals surface area contributed by atoms with Crippen LogP contribution in [0.2, 0.25) is 0 Å². The first-order chi connectivity index (χ1) is 8.22. The van der Waals surface area contributed by atoms with Crippen LogP contribution < -0.4 is 16.0 Å². The number of nitrogens with one attached hydrogen (secondary N) is 1. The van der Waals surface area contributed by atoms with Crippen molar-refractivity contribution in [3.63, 3.8) is 0 Å². The van der Waals surface area contributed by atoms with E-state index in [2.05, 4.69) is 15.5 Å². The highest BCUT2D eigenvalue weighted by atomic mass is 16.4. The second-order valence-electron chi connectivity index (χ2n) is 4.01. The van der Waals surface area contributed by atoms with Crippen LogP contribution in [0.25, 0.3) is 0 Å². The van der Waals surface area contributed by atoms with Gasteiger partial charge in [-0.05, 0) is 19.4 Å². The summed E-state index contributed by atoms with van der Waals surface area (Å²) in [7, 11) is 0. The Hall–Kier alpha value is -1.63. The van der Waals surface area contributed by atoms with E-state index in [0.29, 0.717) is 18.5 Å². The molecule has 0 saturated carbocycles. The number of rotatable bonds is 5. The Labute approximate surface area is 99.4 Å². The fraction of sp³-hybridized carbons (Fsp3) is 0.700. The molecule has 7 heteroatoms. The van der Waals surface area contributed by atoms with Gasteiger partial charge in [0, 0.05) is 6.54 Å². The van der Waals surface area contributed by atoms with Crippen LogP contribution in [0, 0.1) is 0 Å². The third-order valence-electron chi connectivity index (χ3n) is 2.81. The summed E-state index contributed by atoms with van der Waals surface area (Å²) in [5.74, 6) is 0.186. The van der Waals surface area contributed by atoms with Crippen LogP contribution >= 0.6 is 0 Å². The summed E-state index contributed by atoms with van der Waals surface area (Å²) in [6.07, 6.45) is 1.67. The van der Waals surface area contributed by atoms with Gasteiger partial charge in [-0.3, -0.25) is 4.79 Å². The Morgan fingerprint density at radius 3 is 3.18 bits per heavy atom. The average molecular weight is 239 g/mol. The van der Waals surface area contributed by atoms with Crippen LogP contribution in [0.3, 0.4) is 0 Å². The summed E-state index contributed by atoms with van der Waals surface area (Å²) in [5.41, 5.74) is 5.33. The number of carbonyl (C=O) groups is 1. The molecule has 1 atom stereocenters. The van der Waals surface area contributed by atoms with E-state index >= 15 is 0 Å². The maximum Gasteiger partial charge on any atom is 0.318 e. The number of hydrogen-bond acceptors (Lipinski definition) is 6. The second kappa shape index (κ2) is 5.13. The highest BCUT2D eigenvalue weighted by molar-refractivity contribution is 5.83. The van der Waals surface area contributed by atoms with Gasteiger partial charge in [0.15, 0.2) is 0 Å². The van der Waals surface area contributed by atoms with Crippen molar-refractivity contribution in [3.8, 4) is 0 Å². The Morgan fingerprint density at radius 1 is 1.65 bits per heavy atom. The molecule has 0 radical (unpaired) electrons. The summed E-state index contributed by atoms with van der Waals surface area (Å²) in [5, 5.41) is 11.0. The first-order valence-electron chi connectivity index (χ1n) is 5.81. The quantitative estimate of drug-likeness (QED) is 0.727. The molecule has 3 N–H and O–H groups in total. The minimum atomic E-state index is -0.339. The maximum atomic E-state index is 11.2. The van der Waals surface area contributed by atoms with Crippen molar-refractivity contribution in [1.82, 2.24) is 15.5 Å². The number of aromatic nitrogens is 2. The molecule has 0 aromatic carbocycles. The van der Waals surface area contributed by atoms with Crippen molar-refractivity contribution in [2.45, 2.75) is 32.4 Å². The van der Waals surface area contributed by atoms with Gasteiger partial charge in [-0.15, -0.1) is 5.10 Å². The lowest BCUT2D eigenvalue weighted by Gasteiger charge is -2.18. The summed E-state index contributed by atoms with van der Waals surface area (Å²) in [4.78, 5) is 13.0. The molecule has 17 heavy (non-hydrogen) atoms. The van der Waals surface area contributed by atoms with Gasteiger partial charge in [0.2, 0.25) is 11.8 Å². The molecule has 2 heterocycles. The fourth-order valence-electron chi connectivity index (χ4n) is 1.96. The minimum absolute atomic E-state index is 0.317. The Balaban J connectivity index is 2.06. The zero-order chi connectivity index (χ0) is 12.3. The normalized spacial score (nSPS) is 19.8. The van der Waals surface area contributed by atoms with Crippen molar-refractivity contribution >= 4 is 11.9 Å².